The monoisotopic (exact) mass is 296 g/mol. The first-order chi connectivity index (χ1) is 10.4. The van der Waals surface area contributed by atoms with Crippen molar-refractivity contribution < 1.29 is 0 Å². The SMILES string of the molecule is C=C(CC)/C(=C\N=C(C)CC)N(C)C(=C)c1ccccc1C. The lowest BCUT2D eigenvalue weighted by Gasteiger charge is -2.26. The number of aryl methyl sites for hydroxylation is 1. The van der Waals surface area contributed by atoms with E-state index in [0.29, 0.717) is 0 Å². The maximum absolute atomic E-state index is 4.54. The van der Waals surface area contributed by atoms with Crippen LogP contribution in [0.2, 0.25) is 0 Å². The molecular weight excluding hydrogens is 268 g/mol. The lowest BCUT2D eigenvalue weighted by Crippen LogP contribution is -2.17. The first kappa shape index (κ1) is 18.0. The van der Waals surface area contributed by atoms with Gasteiger partial charge in [-0.25, -0.2) is 0 Å². The van der Waals surface area contributed by atoms with Crippen molar-refractivity contribution in [1.29, 1.82) is 0 Å². The molecule has 0 unspecified atom stereocenters. The predicted molar refractivity (Wildman–Crippen MR) is 98.9 cm³/mol. The molecule has 118 valence electrons. The summed E-state index contributed by atoms with van der Waals surface area (Å²) in [6.45, 7) is 16.8. The van der Waals surface area contributed by atoms with Gasteiger partial charge in [-0.05, 0) is 37.8 Å². The zero-order valence-corrected chi connectivity index (χ0v) is 14.6. The van der Waals surface area contributed by atoms with Crippen molar-refractivity contribution in [3.05, 3.63) is 66.0 Å². The Morgan fingerprint density at radius 2 is 1.82 bits per heavy atom. The molecule has 0 heterocycles. The summed E-state index contributed by atoms with van der Waals surface area (Å²) in [5.41, 5.74) is 6.51. The van der Waals surface area contributed by atoms with Crippen LogP contribution in [0.15, 0.2) is 59.9 Å². The largest absolute Gasteiger partial charge is 0.343 e. The Labute approximate surface area is 135 Å². The number of benzene rings is 1. The zero-order chi connectivity index (χ0) is 16.7. The highest BCUT2D eigenvalue weighted by atomic mass is 15.1. The Morgan fingerprint density at radius 3 is 2.36 bits per heavy atom. The molecule has 0 aliphatic heterocycles. The molecule has 0 fully saturated rings. The molecule has 1 aromatic carbocycles. The molecule has 0 radical (unpaired) electrons. The van der Waals surface area contributed by atoms with Crippen molar-refractivity contribution in [3.8, 4) is 0 Å². The van der Waals surface area contributed by atoms with Crippen molar-refractivity contribution in [3.63, 3.8) is 0 Å². The summed E-state index contributed by atoms with van der Waals surface area (Å²) in [5, 5.41) is 0. The van der Waals surface area contributed by atoms with Crippen molar-refractivity contribution in [2.24, 2.45) is 4.99 Å². The van der Waals surface area contributed by atoms with Crippen LogP contribution in [0.5, 0.6) is 0 Å². The molecule has 0 saturated carbocycles. The molecule has 1 rings (SSSR count). The highest BCUT2D eigenvalue weighted by Crippen LogP contribution is 2.26. The van der Waals surface area contributed by atoms with E-state index in [1.165, 1.54) is 5.56 Å². The first-order valence-corrected chi connectivity index (χ1v) is 7.82. The van der Waals surface area contributed by atoms with Crippen LogP contribution in [0.4, 0.5) is 0 Å². The van der Waals surface area contributed by atoms with E-state index >= 15 is 0 Å². The van der Waals surface area contributed by atoms with Crippen molar-refractivity contribution in [2.75, 3.05) is 7.05 Å². The van der Waals surface area contributed by atoms with Gasteiger partial charge in [-0.1, -0.05) is 51.3 Å². The molecule has 0 bridgehead atoms. The van der Waals surface area contributed by atoms with Gasteiger partial charge in [0.05, 0.1) is 11.9 Å². The van der Waals surface area contributed by atoms with Gasteiger partial charge in [-0.15, -0.1) is 0 Å². The van der Waals surface area contributed by atoms with Crippen LogP contribution in [-0.4, -0.2) is 17.7 Å². The highest BCUT2D eigenvalue weighted by molar-refractivity contribution is 5.82. The summed E-state index contributed by atoms with van der Waals surface area (Å²) < 4.78 is 0. The van der Waals surface area contributed by atoms with Crippen LogP contribution >= 0.6 is 0 Å². The maximum atomic E-state index is 4.54. The summed E-state index contributed by atoms with van der Waals surface area (Å²) >= 11 is 0. The number of hydrogen-bond acceptors (Lipinski definition) is 2. The topological polar surface area (TPSA) is 15.6 Å². The molecule has 0 atom stereocenters. The fraction of sp³-hybridized carbons (Fsp3) is 0.350. The van der Waals surface area contributed by atoms with E-state index in [1.54, 1.807) is 0 Å². The second-order valence-corrected chi connectivity index (χ2v) is 5.51. The lowest BCUT2D eigenvalue weighted by atomic mass is 10.0. The molecule has 0 amide bonds. The van der Waals surface area contributed by atoms with Gasteiger partial charge < -0.3 is 4.90 Å². The molecule has 0 N–H and O–H groups in total. The number of likely N-dealkylation sites (N-methyl/N-ethyl adjacent to an activating group) is 1. The Morgan fingerprint density at radius 1 is 1.18 bits per heavy atom. The van der Waals surface area contributed by atoms with E-state index in [1.807, 2.05) is 32.3 Å². The smallest absolute Gasteiger partial charge is 0.0620 e. The molecule has 2 heteroatoms. The number of nitrogens with zero attached hydrogens (tertiary/aromatic N) is 2. The summed E-state index contributed by atoms with van der Waals surface area (Å²) in [7, 11) is 2.03. The van der Waals surface area contributed by atoms with Crippen LogP contribution in [-0.2, 0) is 0 Å². The van der Waals surface area contributed by atoms with Crippen molar-refractivity contribution in [1.82, 2.24) is 4.90 Å². The first-order valence-electron chi connectivity index (χ1n) is 7.82. The third kappa shape index (κ3) is 4.45. The minimum Gasteiger partial charge on any atom is -0.343 e. The van der Waals surface area contributed by atoms with Crippen molar-refractivity contribution in [2.45, 2.75) is 40.5 Å². The van der Waals surface area contributed by atoms with Gasteiger partial charge >= 0.3 is 0 Å². The average molecular weight is 296 g/mol. The second kappa shape index (κ2) is 8.38. The summed E-state index contributed by atoms with van der Waals surface area (Å²) in [6.07, 6.45) is 3.75. The minimum absolute atomic E-state index is 0.887. The normalized spacial score (nSPS) is 12.2. The molecule has 0 saturated heterocycles. The van der Waals surface area contributed by atoms with E-state index in [-0.39, 0.29) is 0 Å². The second-order valence-electron chi connectivity index (χ2n) is 5.51. The fourth-order valence-electron chi connectivity index (χ4n) is 2.08. The van der Waals surface area contributed by atoms with Crippen LogP contribution in [0.25, 0.3) is 5.70 Å². The standard InChI is InChI=1S/C20H28N2/c1-8-15(3)20(14-21-17(5)9-2)22(7)18(6)19-13-11-10-12-16(19)4/h10-14H,3,6,8-9H2,1-2,4-5,7H3/b20-14+,21-17?. The van der Waals surface area contributed by atoms with Gasteiger partial charge in [-0.2, -0.15) is 0 Å². The number of rotatable bonds is 7. The van der Waals surface area contributed by atoms with Crippen LogP contribution < -0.4 is 0 Å². The third-order valence-electron chi connectivity index (χ3n) is 3.93. The quantitative estimate of drug-likeness (QED) is 0.474. The Balaban J connectivity index is 3.17. The summed E-state index contributed by atoms with van der Waals surface area (Å²) in [5.74, 6) is 0. The molecule has 0 spiro atoms. The van der Waals surface area contributed by atoms with Crippen molar-refractivity contribution >= 4 is 11.4 Å². The molecule has 0 aromatic heterocycles. The minimum atomic E-state index is 0.887. The average Bonchev–Trinajstić information content (AvgIpc) is 2.53. The molecular formula is C20H28N2. The van der Waals surface area contributed by atoms with Gasteiger partial charge in [-0.3, -0.25) is 4.99 Å². The summed E-state index contributed by atoms with van der Waals surface area (Å²) in [4.78, 5) is 6.63. The lowest BCUT2D eigenvalue weighted by molar-refractivity contribution is 0.600. The van der Waals surface area contributed by atoms with Crippen LogP contribution in [0.3, 0.4) is 0 Å². The van der Waals surface area contributed by atoms with Gasteiger partial charge in [0, 0.05) is 24.0 Å². The van der Waals surface area contributed by atoms with E-state index in [2.05, 4.69) is 56.0 Å². The third-order valence-corrected chi connectivity index (χ3v) is 3.93. The Kier molecular flexibility index (Phi) is 6.84. The zero-order valence-electron chi connectivity index (χ0n) is 14.6. The number of aliphatic imine (C=N–C) groups is 1. The molecule has 0 aliphatic carbocycles. The van der Waals surface area contributed by atoms with E-state index < -0.39 is 0 Å². The van der Waals surface area contributed by atoms with Gasteiger partial charge in [0.2, 0.25) is 0 Å². The highest BCUT2D eigenvalue weighted by Gasteiger charge is 2.13. The number of allylic oxidation sites excluding steroid dienone is 1. The van der Waals surface area contributed by atoms with Gasteiger partial charge in [0.15, 0.2) is 0 Å². The van der Waals surface area contributed by atoms with E-state index in [0.717, 1.165) is 41.1 Å². The van der Waals surface area contributed by atoms with Crippen LogP contribution in [0, 0.1) is 6.92 Å². The van der Waals surface area contributed by atoms with E-state index in [4.69, 9.17) is 0 Å². The molecule has 1 aromatic rings. The molecule has 22 heavy (non-hydrogen) atoms. The number of hydrogen-bond donors (Lipinski definition) is 0. The van der Waals surface area contributed by atoms with Crippen LogP contribution in [0.1, 0.15) is 44.7 Å². The van der Waals surface area contributed by atoms with Gasteiger partial charge in [0.1, 0.15) is 0 Å². The Bertz CT molecular complexity index is 606. The molecule has 0 aliphatic rings. The predicted octanol–water partition coefficient (Wildman–Crippen LogP) is 5.58. The maximum Gasteiger partial charge on any atom is 0.0620 e. The molecule has 2 nitrogen and oxygen atoms in total. The fourth-order valence-corrected chi connectivity index (χ4v) is 2.08. The Hall–Kier alpha value is -2.09. The van der Waals surface area contributed by atoms with E-state index in [9.17, 15) is 0 Å². The summed E-state index contributed by atoms with van der Waals surface area (Å²) in [6, 6.07) is 8.29. The van der Waals surface area contributed by atoms with Gasteiger partial charge in [0.25, 0.3) is 0 Å².